The van der Waals surface area contributed by atoms with E-state index in [4.69, 9.17) is 27.9 Å². The van der Waals surface area contributed by atoms with E-state index in [2.05, 4.69) is 26.9 Å². The highest BCUT2D eigenvalue weighted by Gasteiger charge is 2.20. The van der Waals surface area contributed by atoms with E-state index in [9.17, 15) is 0 Å². The van der Waals surface area contributed by atoms with Crippen molar-refractivity contribution in [1.82, 2.24) is 9.88 Å². The van der Waals surface area contributed by atoms with E-state index in [1.54, 1.807) is 19.4 Å². The van der Waals surface area contributed by atoms with Crippen molar-refractivity contribution in [2.75, 3.05) is 38.2 Å². The van der Waals surface area contributed by atoms with E-state index < -0.39 is 0 Å². The molecule has 23 heavy (non-hydrogen) atoms. The van der Waals surface area contributed by atoms with Gasteiger partial charge in [-0.3, -0.25) is 4.90 Å². The molecule has 1 aromatic carbocycles. The van der Waals surface area contributed by atoms with Crippen molar-refractivity contribution >= 4 is 29.0 Å². The number of hydrogen-bond donors (Lipinski definition) is 0. The lowest BCUT2D eigenvalue weighted by atomic mass is 10.2. The number of methoxy groups -OCH3 is 1. The molecule has 0 atom stereocenters. The summed E-state index contributed by atoms with van der Waals surface area (Å²) in [6.07, 6.45) is 1.65. The van der Waals surface area contributed by atoms with Gasteiger partial charge in [-0.15, -0.1) is 0 Å². The molecule has 1 fully saturated rings. The maximum absolute atomic E-state index is 6.24. The zero-order valence-corrected chi connectivity index (χ0v) is 14.5. The Morgan fingerprint density at radius 3 is 2.39 bits per heavy atom. The number of nitrogens with zero attached hydrogens (tertiary/aromatic N) is 3. The first kappa shape index (κ1) is 16.4. The van der Waals surface area contributed by atoms with Gasteiger partial charge in [-0.2, -0.15) is 0 Å². The molecule has 2 heterocycles. The molecule has 122 valence electrons. The lowest BCUT2D eigenvalue weighted by Crippen LogP contribution is -2.46. The molecule has 0 radical (unpaired) electrons. The van der Waals surface area contributed by atoms with Crippen molar-refractivity contribution in [3.05, 3.63) is 52.1 Å². The lowest BCUT2D eigenvalue weighted by Gasteiger charge is -2.35. The fourth-order valence-corrected chi connectivity index (χ4v) is 3.25. The van der Waals surface area contributed by atoms with Crippen LogP contribution < -0.4 is 9.64 Å². The summed E-state index contributed by atoms with van der Waals surface area (Å²) in [6, 6.07) is 9.98. The Kier molecular flexibility index (Phi) is 5.26. The largest absolute Gasteiger partial charge is 0.497 e. The number of pyridine rings is 1. The quantitative estimate of drug-likeness (QED) is 0.839. The Bertz CT molecular complexity index is 655. The summed E-state index contributed by atoms with van der Waals surface area (Å²) >= 11 is 12.2. The zero-order chi connectivity index (χ0) is 16.2. The first-order chi connectivity index (χ1) is 11.2. The third-order valence-corrected chi connectivity index (χ3v) is 4.51. The second-order valence-electron chi connectivity index (χ2n) is 5.57. The molecule has 1 aliphatic rings. The van der Waals surface area contributed by atoms with Crippen LogP contribution >= 0.6 is 23.2 Å². The standard InChI is InChI=1S/C17H19Cl2N3O/c1-23-15-4-2-13(3-5-15)12-21-6-8-22(9-7-21)17-16(19)10-14(18)11-20-17/h2-5,10-11H,6-9,12H2,1H3. The molecule has 1 aliphatic heterocycles. The van der Waals surface area contributed by atoms with Crippen LogP contribution in [0.4, 0.5) is 5.82 Å². The Morgan fingerprint density at radius 2 is 1.78 bits per heavy atom. The van der Waals surface area contributed by atoms with Crippen LogP contribution in [-0.4, -0.2) is 43.2 Å². The maximum Gasteiger partial charge on any atom is 0.147 e. The van der Waals surface area contributed by atoms with Crippen LogP contribution in [0.5, 0.6) is 5.75 Å². The van der Waals surface area contributed by atoms with Gasteiger partial charge in [0.05, 0.1) is 17.2 Å². The van der Waals surface area contributed by atoms with Gasteiger partial charge in [-0.1, -0.05) is 35.3 Å². The van der Waals surface area contributed by atoms with Gasteiger partial charge >= 0.3 is 0 Å². The summed E-state index contributed by atoms with van der Waals surface area (Å²) < 4.78 is 5.19. The third kappa shape index (κ3) is 4.08. The molecule has 0 amide bonds. The summed E-state index contributed by atoms with van der Waals surface area (Å²) in [5.74, 6) is 1.71. The number of aromatic nitrogens is 1. The number of ether oxygens (including phenoxy) is 1. The maximum atomic E-state index is 6.24. The van der Waals surface area contributed by atoms with Gasteiger partial charge in [0.2, 0.25) is 0 Å². The van der Waals surface area contributed by atoms with Crippen LogP contribution in [0.15, 0.2) is 36.5 Å². The molecule has 3 rings (SSSR count). The smallest absolute Gasteiger partial charge is 0.147 e. The van der Waals surface area contributed by atoms with Crippen molar-refractivity contribution in [1.29, 1.82) is 0 Å². The van der Waals surface area contributed by atoms with Gasteiger partial charge in [0.15, 0.2) is 0 Å². The zero-order valence-electron chi connectivity index (χ0n) is 13.0. The average Bonchev–Trinajstić information content (AvgIpc) is 2.57. The Hall–Kier alpha value is -1.49. The molecule has 0 spiro atoms. The van der Waals surface area contributed by atoms with Gasteiger partial charge in [-0.25, -0.2) is 4.98 Å². The topological polar surface area (TPSA) is 28.6 Å². The van der Waals surface area contributed by atoms with E-state index in [-0.39, 0.29) is 0 Å². The highest BCUT2D eigenvalue weighted by molar-refractivity contribution is 6.36. The molecule has 2 aromatic rings. The predicted octanol–water partition coefficient (Wildman–Crippen LogP) is 3.72. The SMILES string of the molecule is COc1ccc(CN2CCN(c3ncc(Cl)cc3Cl)CC2)cc1. The van der Waals surface area contributed by atoms with Gasteiger partial charge in [-0.05, 0) is 23.8 Å². The van der Waals surface area contributed by atoms with E-state index in [1.165, 1.54) is 5.56 Å². The van der Waals surface area contributed by atoms with E-state index in [0.717, 1.165) is 44.3 Å². The summed E-state index contributed by atoms with van der Waals surface area (Å²) in [4.78, 5) is 9.00. The predicted molar refractivity (Wildman–Crippen MR) is 94.7 cm³/mol. The molecular weight excluding hydrogens is 333 g/mol. The summed E-state index contributed by atoms with van der Waals surface area (Å²) in [6.45, 7) is 4.72. The Morgan fingerprint density at radius 1 is 1.09 bits per heavy atom. The second-order valence-corrected chi connectivity index (χ2v) is 6.41. The molecule has 6 heteroatoms. The average molecular weight is 352 g/mol. The van der Waals surface area contributed by atoms with E-state index in [0.29, 0.717) is 10.0 Å². The molecule has 1 aromatic heterocycles. The fraction of sp³-hybridized carbons (Fsp3) is 0.353. The Labute approximate surface area is 146 Å². The minimum Gasteiger partial charge on any atom is -0.497 e. The molecule has 0 unspecified atom stereocenters. The third-order valence-electron chi connectivity index (χ3n) is 4.03. The first-order valence-electron chi connectivity index (χ1n) is 7.57. The van der Waals surface area contributed by atoms with Crippen molar-refractivity contribution in [3.8, 4) is 5.75 Å². The minimum absolute atomic E-state index is 0.567. The number of rotatable bonds is 4. The summed E-state index contributed by atoms with van der Waals surface area (Å²) in [5, 5.41) is 1.18. The van der Waals surface area contributed by atoms with Crippen LogP contribution in [0.25, 0.3) is 0 Å². The molecule has 0 saturated carbocycles. The van der Waals surface area contributed by atoms with Gasteiger partial charge in [0.1, 0.15) is 11.6 Å². The molecule has 0 N–H and O–H groups in total. The van der Waals surface area contributed by atoms with Crippen molar-refractivity contribution in [2.45, 2.75) is 6.54 Å². The fourth-order valence-electron chi connectivity index (χ4n) is 2.75. The molecular formula is C17H19Cl2N3O. The molecule has 0 aliphatic carbocycles. The lowest BCUT2D eigenvalue weighted by molar-refractivity contribution is 0.249. The molecule has 1 saturated heterocycles. The van der Waals surface area contributed by atoms with Gasteiger partial charge in [0.25, 0.3) is 0 Å². The normalized spacial score (nSPS) is 15.7. The van der Waals surface area contributed by atoms with Crippen LogP contribution in [0.3, 0.4) is 0 Å². The highest BCUT2D eigenvalue weighted by atomic mass is 35.5. The van der Waals surface area contributed by atoms with Crippen molar-refractivity contribution in [2.24, 2.45) is 0 Å². The number of benzene rings is 1. The number of halogens is 2. The van der Waals surface area contributed by atoms with Crippen molar-refractivity contribution < 1.29 is 4.74 Å². The highest BCUT2D eigenvalue weighted by Crippen LogP contribution is 2.27. The number of hydrogen-bond acceptors (Lipinski definition) is 4. The van der Waals surface area contributed by atoms with Crippen LogP contribution in [0.2, 0.25) is 10.0 Å². The Balaban J connectivity index is 1.57. The minimum atomic E-state index is 0.567. The van der Waals surface area contributed by atoms with Crippen LogP contribution in [-0.2, 0) is 6.54 Å². The summed E-state index contributed by atoms with van der Waals surface area (Å²) in [7, 11) is 1.68. The van der Waals surface area contributed by atoms with Gasteiger partial charge in [0, 0.05) is 38.9 Å². The second kappa shape index (κ2) is 7.39. The monoisotopic (exact) mass is 351 g/mol. The van der Waals surface area contributed by atoms with E-state index in [1.807, 2.05) is 12.1 Å². The molecule has 0 bridgehead atoms. The molecule has 4 nitrogen and oxygen atoms in total. The van der Waals surface area contributed by atoms with Gasteiger partial charge < -0.3 is 9.64 Å². The van der Waals surface area contributed by atoms with E-state index >= 15 is 0 Å². The van der Waals surface area contributed by atoms with Crippen LogP contribution in [0, 0.1) is 0 Å². The van der Waals surface area contributed by atoms with Crippen LogP contribution in [0.1, 0.15) is 5.56 Å². The number of anilines is 1. The first-order valence-corrected chi connectivity index (χ1v) is 8.32. The summed E-state index contributed by atoms with van der Waals surface area (Å²) in [5.41, 5.74) is 1.29. The number of piperazine rings is 1. The van der Waals surface area contributed by atoms with Crippen molar-refractivity contribution in [3.63, 3.8) is 0 Å².